The van der Waals surface area contributed by atoms with Crippen LogP contribution in [0.15, 0.2) is 42.5 Å². The highest BCUT2D eigenvalue weighted by molar-refractivity contribution is 5.67. The van der Waals surface area contributed by atoms with Crippen molar-refractivity contribution in [1.29, 1.82) is 0 Å². The van der Waals surface area contributed by atoms with Gasteiger partial charge in [-0.05, 0) is 35.7 Å². The average molecular weight is 313 g/mol. The first-order valence-corrected chi connectivity index (χ1v) is 7.98. The lowest BCUT2D eigenvalue weighted by molar-refractivity contribution is 0.0198. The number of nitrogens with zero attached hydrogens (tertiary/aromatic N) is 1. The van der Waals surface area contributed by atoms with Gasteiger partial charge in [0.2, 0.25) is 0 Å². The van der Waals surface area contributed by atoms with Crippen molar-refractivity contribution in [3.05, 3.63) is 48.0 Å². The van der Waals surface area contributed by atoms with Crippen molar-refractivity contribution in [2.45, 2.75) is 13.0 Å². The predicted octanol–water partition coefficient (Wildman–Crippen LogP) is 3.46. The van der Waals surface area contributed by atoms with E-state index in [2.05, 4.69) is 36.1 Å². The van der Waals surface area contributed by atoms with Crippen LogP contribution >= 0.6 is 0 Å². The molecule has 1 aliphatic heterocycles. The minimum absolute atomic E-state index is 0.161. The molecule has 0 unspecified atom stereocenters. The second-order valence-corrected chi connectivity index (χ2v) is 5.83. The molecule has 1 aliphatic rings. The summed E-state index contributed by atoms with van der Waals surface area (Å²) in [5.74, 6) is 0.655. The molecule has 0 radical (unpaired) electrons. The van der Waals surface area contributed by atoms with Crippen molar-refractivity contribution < 1.29 is 14.6 Å². The van der Waals surface area contributed by atoms with Crippen molar-refractivity contribution in [1.82, 2.24) is 4.90 Å². The normalized spacial score (nSPS) is 17.0. The van der Waals surface area contributed by atoms with Crippen LogP contribution in [0.3, 0.4) is 0 Å². The smallest absolute Gasteiger partial charge is 0.161 e. The molecule has 3 rings (SSSR count). The summed E-state index contributed by atoms with van der Waals surface area (Å²) in [6, 6.07) is 14.4. The summed E-state index contributed by atoms with van der Waals surface area (Å²) >= 11 is 0. The maximum absolute atomic E-state index is 9.70. The van der Waals surface area contributed by atoms with E-state index in [1.165, 1.54) is 5.56 Å². The first kappa shape index (κ1) is 15.8. The zero-order valence-corrected chi connectivity index (χ0v) is 13.7. The van der Waals surface area contributed by atoms with Gasteiger partial charge in [0.05, 0.1) is 20.3 Å². The summed E-state index contributed by atoms with van der Waals surface area (Å²) in [4.78, 5) is 2.45. The molecule has 2 aromatic carbocycles. The van der Waals surface area contributed by atoms with Crippen LogP contribution in [-0.4, -0.2) is 43.4 Å². The van der Waals surface area contributed by atoms with Gasteiger partial charge in [-0.3, -0.25) is 4.90 Å². The number of rotatable bonds is 4. The van der Waals surface area contributed by atoms with E-state index in [0.717, 1.165) is 37.4 Å². The molecule has 0 aliphatic carbocycles. The molecule has 0 spiro atoms. The summed E-state index contributed by atoms with van der Waals surface area (Å²) in [5.41, 5.74) is 3.45. The Morgan fingerprint density at radius 3 is 2.35 bits per heavy atom. The maximum atomic E-state index is 9.70. The molecule has 4 nitrogen and oxygen atoms in total. The third-order valence-electron chi connectivity index (χ3n) is 4.50. The number of methoxy groups -OCH3 is 1. The zero-order chi connectivity index (χ0) is 16.2. The molecule has 4 heteroatoms. The highest BCUT2D eigenvalue weighted by Gasteiger charge is 2.18. The lowest BCUT2D eigenvalue weighted by Crippen LogP contribution is -2.37. The van der Waals surface area contributed by atoms with Gasteiger partial charge in [-0.15, -0.1) is 0 Å². The molecule has 2 aromatic rings. The SMILES string of the molecule is COc1cc(-c2ccc([C@H](C)N3CCOCC3)cc2)ccc1O. The van der Waals surface area contributed by atoms with E-state index in [0.29, 0.717) is 11.8 Å². The van der Waals surface area contributed by atoms with E-state index < -0.39 is 0 Å². The number of hydrogen-bond acceptors (Lipinski definition) is 4. The van der Waals surface area contributed by atoms with Gasteiger partial charge in [0, 0.05) is 19.1 Å². The fourth-order valence-electron chi connectivity index (χ4n) is 2.99. The van der Waals surface area contributed by atoms with Crippen molar-refractivity contribution in [3.63, 3.8) is 0 Å². The van der Waals surface area contributed by atoms with Gasteiger partial charge in [-0.1, -0.05) is 30.3 Å². The molecule has 1 atom stereocenters. The molecule has 0 amide bonds. The molecular weight excluding hydrogens is 290 g/mol. The van der Waals surface area contributed by atoms with Crippen LogP contribution in [0, 0.1) is 0 Å². The van der Waals surface area contributed by atoms with E-state index in [1.807, 2.05) is 12.1 Å². The lowest BCUT2D eigenvalue weighted by Gasteiger charge is -2.32. The Hall–Kier alpha value is -2.04. The number of phenolic OH excluding ortho intramolecular Hbond substituents is 1. The monoisotopic (exact) mass is 313 g/mol. The van der Waals surface area contributed by atoms with Crippen molar-refractivity contribution in [2.24, 2.45) is 0 Å². The predicted molar refractivity (Wildman–Crippen MR) is 90.9 cm³/mol. The Kier molecular flexibility index (Phi) is 4.84. The molecule has 0 saturated carbocycles. The summed E-state index contributed by atoms with van der Waals surface area (Å²) in [6.07, 6.45) is 0. The standard InChI is InChI=1S/C19H23NO3/c1-14(20-9-11-23-12-10-20)15-3-5-16(6-4-15)17-7-8-18(21)19(13-17)22-2/h3-8,13-14,21H,9-12H2,1-2H3/t14-/m0/s1. The molecule has 0 bridgehead atoms. The molecule has 122 valence electrons. The first-order valence-electron chi connectivity index (χ1n) is 7.98. The number of ether oxygens (including phenoxy) is 2. The maximum Gasteiger partial charge on any atom is 0.161 e. The van der Waals surface area contributed by atoms with Crippen LogP contribution in [0.2, 0.25) is 0 Å². The van der Waals surface area contributed by atoms with Gasteiger partial charge in [-0.25, -0.2) is 0 Å². The van der Waals surface area contributed by atoms with Gasteiger partial charge in [0.1, 0.15) is 0 Å². The van der Waals surface area contributed by atoms with Crippen molar-refractivity contribution in [2.75, 3.05) is 33.4 Å². The Labute approximate surface area is 137 Å². The second-order valence-electron chi connectivity index (χ2n) is 5.83. The van der Waals surface area contributed by atoms with Crippen LogP contribution in [0.5, 0.6) is 11.5 Å². The third-order valence-corrected chi connectivity index (χ3v) is 4.50. The second kappa shape index (κ2) is 7.02. The third kappa shape index (κ3) is 3.49. The van der Waals surface area contributed by atoms with Crippen LogP contribution in [-0.2, 0) is 4.74 Å². The zero-order valence-electron chi connectivity index (χ0n) is 13.7. The number of aromatic hydroxyl groups is 1. The van der Waals surface area contributed by atoms with Crippen LogP contribution in [0.4, 0.5) is 0 Å². The summed E-state index contributed by atoms with van der Waals surface area (Å²) < 4.78 is 10.6. The van der Waals surface area contributed by atoms with E-state index >= 15 is 0 Å². The topological polar surface area (TPSA) is 41.9 Å². The Balaban J connectivity index is 1.78. The van der Waals surface area contributed by atoms with Gasteiger partial charge >= 0.3 is 0 Å². The molecule has 1 saturated heterocycles. The first-order chi connectivity index (χ1) is 11.2. The molecular formula is C19H23NO3. The summed E-state index contributed by atoms with van der Waals surface area (Å²) in [6.45, 7) is 5.84. The Morgan fingerprint density at radius 1 is 1.04 bits per heavy atom. The lowest BCUT2D eigenvalue weighted by atomic mass is 10.00. The largest absolute Gasteiger partial charge is 0.504 e. The number of hydrogen-bond donors (Lipinski definition) is 1. The molecule has 1 heterocycles. The van der Waals surface area contributed by atoms with Gasteiger partial charge in [0.25, 0.3) is 0 Å². The highest BCUT2D eigenvalue weighted by atomic mass is 16.5. The van der Waals surface area contributed by atoms with Crippen LogP contribution in [0.1, 0.15) is 18.5 Å². The molecule has 1 fully saturated rings. The number of phenols is 1. The highest BCUT2D eigenvalue weighted by Crippen LogP contribution is 2.32. The van der Waals surface area contributed by atoms with E-state index in [9.17, 15) is 5.11 Å². The fourth-order valence-corrected chi connectivity index (χ4v) is 2.99. The van der Waals surface area contributed by atoms with Gasteiger partial charge in [0.15, 0.2) is 11.5 Å². The summed E-state index contributed by atoms with van der Waals surface area (Å²) in [7, 11) is 1.56. The van der Waals surface area contributed by atoms with Crippen LogP contribution < -0.4 is 4.74 Å². The number of morpholine rings is 1. The Bertz CT molecular complexity index is 648. The van der Waals surface area contributed by atoms with Gasteiger partial charge < -0.3 is 14.6 Å². The molecule has 23 heavy (non-hydrogen) atoms. The minimum atomic E-state index is 0.161. The molecule has 1 N–H and O–H groups in total. The van der Waals surface area contributed by atoms with Crippen LogP contribution in [0.25, 0.3) is 11.1 Å². The van der Waals surface area contributed by atoms with Crippen molar-refractivity contribution >= 4 is 0 Å². The fraction of sp³-hybridized carbons (Fsp3) is 0.368. The molecule has 0 aromatic heterocycles. The minimum Gasteiger partial charge on any atom is -0.504 e. The number of benzene rings is 2. The van der Waals surface area contributed by atoms with E-state index in [1.54, 1.807) is 13.2 Å². The van der Waals surface area contributed by atoms with E-state index in [-0.39, 0.29) is 5.75 Å². The van der Waals surface area contributed by atoms with Gasteiger partial charge in [-0.2, -0.15) is 0 Å². The summed E-state index contributed by atoms with van der Waals surface area (Å²) in [5, 5.41) is 9.70. The Morgan fingerprint density at radius 2 is 1.70 bits per heavy atom. The quantitative estimate of drug-likeness (QED) is 0.938. The van der Waals surface area contributed by atoms with Crippen molar-refractivity contribution in [3.8, 4) is 22.6 Å². The van der Waals surface area contributed by atoms with E-state index in [4.69, 9.17) is 9.47 Å². The average Bonchev–Trinajstić information content (AvgIpc) is 2.62.